The van der Waals surface area contributed by atoms with Gasteiger partial charge in [-0.3, -0.25) is 9.69 Å². The maximum Gasteiger partial charge on any atom is 0.251 e. The molecule has 4 heterocycles. The highest BCUT2D eigenvalue weighted by molar-refractivity contribution is 5.94. The third-order valence-electron chi connectivity index (χ3n) is 6.37. The molecule has 2 aliphatic rings. The van der Waals surface area contributed by atoms with Crippen LogP contribution in [-0.2, 0) is 17.7 Å². The summed E-state index contributed by atoms with van der Waals surface area (Å²) in [5, 5.41) is 6.44. The first-order valence-electron chi connectivity index (χ1n) is 12.3. The van der Waals surface area contributed by atoms with Crippen LogP contribution in [-0.4, -0.2) is 71.8 Å². The van der Waals surface area contributed by atoms with Crippen LogP contribution in [0, 0.1) is 0 Å². The molecule has 2 aromatic heterocycles. The zero-order valence-corrected chi connectivity index (χ0v) is 20.2. The molecule has 3 aromatic rings. The van der Waals surface area contributed by atoms with Gasteiger partial charge in [0.05, 0.1) is 31.1 Å². The molecule has 0 spiro atoms. The number of nitrogens with one attached hydrogen (secondary N) is 2. The number of hydrogen-bond acceptors (Lipinski definition) is 9. The lowest BCUT2D eigenvalue weighted by molar-refractivity contribution is 0.0374. The summed E-state index contributed by atoms with van der Waals surface area (Å²) in [4.78, 5) is 27.9. The third kappa shape index (κ3) is 5.72. The van der Waals surface area contributed by atoms with Crippen LogP contribution >= 0.6 is 0 Å². The molecule has 10 nitrogen and oxygen atoms in total. The lowest BCUT2D eigenvalue weighted by atomic mass is 10.1. The van der Waals surface area contributed by atoms with Gasteiger partial charge < -0.3 is 25.8 Å². The van der Waals surface area contributed by atoms with Crippen molar-refractivity contribution in [3.63, 3.8) is 0 Å². The fraction of sp³-hybridized carbons (Fsp3) is 0.385. The number of rotatable bonds is 9. The number of benzene rings is 1. The number of morpholine rings is 1. The van der Waals surface area contributed by atoms with Gasteiger partial charge in [0, 0.05) is 56.1 Å². The predicted octanol–water partition coefficient (Wildman–Crippen LogP) is 2.12. The van der Waals surface area contributed by atoms with E-state index in [-0.39, 0.29) is 11.9 Å². The van der Waals surface area contributed by atoms with Gasteiger partial charge in [-0.1, -0.05) is 12.1 Å². The summed E-state index contributed by atoms with van der Waals surface area (Å²) in [5.74, 6) is 1.70. The topological polar surface area (TPSA) is 128 Å². The van der Waals surface area contributed by atoms with Crippen molar-refractivity contribution in [3.8, 4) is 17.0 Å². The molecule has 10 heteroatoms. The van der Waals surface area contributed by atoms with Crippen molar-refractivity contribution >= 4 is 17.7 Å². The molecule has 0 radical (unpaired) electrons. The number of nitrogens with zero attached hydrogens (tertiary/aromatic N) is 4. The number of carbonyl (C=O) groups is 1. The Bertz CT molecular complexity index is 1210. The molecule has 1 saturated heterocycles. The SMILES string of the molecule is Nc1nccc(-c2cnc(NCc3cccc(C(=O)NCCCN4CCOCC4)c3)c3c2OCC3)n1. The maximum atomic E-state index is 12.7. The predicted molar refractivity (Wildman–Crippen MR) is 137 cm³/mol. The lowest BCUT2D eigenvalue weighted by Crippen LogP contribution is -2.38. The van der Waals surface area contributed by atoms with Gasteiger partial charge in [0.15, 0.2) is 0 Å². The van der Waals surface area contributed by atoms with E-state index in [1.54, 1.807) is 18.5 Å². The molecule has 1 amide bonds. The van der Waals surface area contributed by atoms with E-state index >= 15 is 0 Å². The van der Waals surface area contributed by atoms with Crippen molar-refractivity contribution < 1.29 is 14.3 Å². The minimum absolute atomic E-state index is 0.0558. The summed E-state index contributed by atoms with van der Waals surface area (Å²) in [6, 6.07) is 9.45. The fourth-order valence-corrected chi connectivity index (χ4v) is 4.49. The standard InChI is InChI=1S/C26H31N7O3/c27-26-29-8-5-22(32-26)21-17-31-24(20-6-12-36-23(20)21)30-16-18-3-1-4-19(15-18)25(34)28-7-2-9-33-10-13-35-14-11-33/h1,3-5,8,15,17H,2,6-7,9-14,16H2,(H,28,34)(H,30,31)(H2,27,29,32). The number of pyridine rings is 1. The zero-order valence-electron chi connectivity index (χ0n) is 20.2. The second kappa shape index (κ2) is 11.3. The van der Waals surface area contributed by atoms with Crippen LogP contribution in [0.2, 0.25) is 0 Å². The number of carbonyl (C=O) groups excluding carboxylic acids is 1. The second-order valence-corrected chi connectivity index (χ2v) is 8.84. The van der Waals surface area contributed by atoms with E-state index in [4.69, 9.17) is 15.2 Å². The first kappa shape index (κ1) is 24.0. The summed E-state index contributed by atoms with van der Waals surface area (Å²) < 4.78 is 11.3. The highest BCUT2D eigenvalue weighted by Gasteiger charge is 2.23. The average Bonchev–Trinajstić information content (AvgIpc) is 3.41. The maximum absolute atomic E-state index is 12.7. The average molecular weight is 490 g/mol. The number of ether oxygens (including phenoxy) is 2. The van der Waals surface area contributed by atoms with E-state index in [1.807, 2.05) is 24.3 Å². The molecule has 2 aliphatic heterocycles. The molecule has 188 valence electrons. The van der Waals surface area contributed by atoms with E-state index in [0.717, 1.165) is 73.9 Å². The van der Waals surface area contributed by atoms with Gasteiger partial charge in [0.1, 0.15) is 11.6 Å². The van der Waals surface area contributed by atoms with Crippen LogP contribution in [0.15, 0.2) is 42.7 Å². The number of nitrogen functional groups attached to an aromatic ring is 1. The van der Waals surface area contributed by atoms with Crippen molar-refractivity contribution in [2.45, 2.75) is 19.4 Å². The molecule has 0 aliphatic carbocycles. The third-order valence-corrected chi connectivity index (χ3v) is 6.37. The largest absolute Gasteiger partial charge is 0.492 e. The molecule has 1 aromatic carbocycles. The molecule has 0 unspecified atom stereocenters. The van der Waals surface area contributed by atoms with Gasteiger partial charge in [-0.05, 0) is 36.7 Å². The smallest absolute Gasteiger partial charge is 0.251 e. The number of hydrogen-bond donors (Lipinski definition) is 3. The van der Waals surface area contributed by atoms with Crippen LogP contribution in [0.3, 0.4) is 0 Å². The lowest BCUT2D eigenvalue weighted by Gasteiger charge is -2.26. The van der Waals surface area contributed by atoms with Crippen molar-refractivity contribution in [1.82, 2.24) is 25.2 Å². The Kier molecular flexibility index (Phi) is 7.53. The number of anilines is 2. The normalized spacial score (nSPS) is 15.2. The van der Waals surface area contributed by atoms with E-state index in [0.29, 0.717) is 31.0 Å². The van der Waals surface area contributed by atoms with Crippen molar-refractivity contribution in [2.24, 2.45) is 0 Å². The Hall–Kier alpha value is -3.76. The van der Waals surface area contributed by atoms with Gasteiger partial charge in [-0.25, -0.2) is 15.0 Å². The van der Waals surface area contributed by atoms with Crippen LogP contribution in [0.5, 0.6) is 5.75 Å². The molecule has 0 bridgehead atoms. The highest BCUT2D eigenvalue weighted by Crippen LogP contribution is 2.39. The molecule has 0 saturated carbocycles. The molecule has 36 heavy (non-hydrogen) atoms. The second-order valence-electron chi connectivity index (χ2n) is 8.84. The summed E-state index contributed by atoms with van der Waals surface area (Å²) in [6.45, 7) is 6.26. The van der Waals surface area contributed by atoms with Gasteiger partial charge >= 0.3 is 0 Å². The Balaban J connectivity index is 1.18. The minimum Gasteiger partial charge on any atom is -0.492 e. The summed E-state index contributed by atoms with van der Waals surface area (Å²) in [5.41, 5.74) is 9.90. The van der Waals surface area contributed by atoms with Crippen LogP contribution in [0.1, 0.15) is 27.9 Å². The van der Waals surface area contributed by atoms with Crippen LogP contribution in [0.25, 0.3) is 11.3 Å². The van der Waals surface area contributed by atoms with Crippen LogP contribution in [0.4, 0.5) is 11.8 Å². The Labute approximate surface area is 210 Å². The van der Waals surface area contributed by atoms with Crippen LogP contribution < -0.4 is 21.1 Å². The first-order valence-corrected chi connectivity index (χ1v) is 12.3. The molecule has 1 fully saturated rings. The number of nitrogens with two attached hydrogens (primary N) is 1. The Morgan fingerprint density at radius 2 is 2.03 bits per heavy atom. The first-order chi connectivity index (χ1) is 17.7. The quantitative estimate of drug-likeness (QED) is 0.387. The van der Waals surface area contributed by atoms with Gasteiger partial charge in [0.25, 0.3) is 5.91 Å². The van der Waals surface area contributed by atoms with Gasteiger partial charge in [0.2, 0.25) is 5.95 Å². The minimum atomic E-state index is -0.0558. The highest BCUT2D eigenvalue weighted by atomic mass is 16.5. The van der Waals surface area contributed by atoms with Crippen molar-refractivity contribution in [3.05, 3.63) is 59.4 Å². The molecule has 4 N–H and O–H groups in total. The molecule has 5 rings (SSSR count). The monoisotopic (exact) mass is 489 g/mol. The Morgan fingerprint density at radius 3 is 2.89 bits per heavy atom. The number of amides is 1. The summed E-state index contributed by atoms with van der Waals surface area (Å²) >= 11 is 0. The van der Waals surface area contributed by atoms with Crippen molar-refractivity contribution in [1.29, 1.82) is 0 Å². The molecular weight excluding hydrogens is 458 g/mol. The number of aromatic nitrogens is 3. The number of fused-ring (bicyclic) bond motifs is 1. The summed E-state index contributed by atoms with van der Waals surface area (Å²) in [6.07, 6.45) is 5.04. The van der Waals surface area contributed by atoms with Gasteiger partial charge in [-0.2, -0.15) is 0 Å². The van der Waals surface area contributed by atoms with E-state index < -0.39 is 0 Å². The summed E-state index contributed by atoms with van der Waals surface area (Å²) in [7, 11) is 0. The van der Waals surface area contributed by atoms with Gasteiger partial charge in [-0.15, -0.1) is 0 Å². The van der Waals surface area contributed by atoms with E-state index in [9.17, 15) is 4.79 Å². The fourth-order valence-electron chi connectivity index (χ4n) is 4.49. The Morgan fingerprint density at radius 1 is 1.14 bits per heavy atom. The van der Waals surface area contributed by atoms with E-state index in [2.05, 4.69) is 30.5 Å². The van der Waals surface area contributed by atoms with E-state index in [1.165, 1.54) is 0 Å². The molecular formula is C26H31N7O3. The zero-order chi connectivity index (χ0) is 24.7. The molecule has 0 atom stereocenters. The van der Waals surface area contributed by atoms with Crippen molar-refractivity contribution in [2.75, 3.05) is 57.1 Å².